The van der Waals surface area contributed by atoms with E-state index in [0.717, 1.165) is 5.01 Å². The van der Waals surface area contributed by atoms with Gasteiger partial charge in [-0.25, -0.2) is 9.80 Å². The standard InChI is InChI=1S/C14H21N3O3/c1-10(9-18)17(13(19)20-14(2,3)4)16-12-7-5-11(15)6-8-12/h5-10,16H,15H2,1-4H3. The summed E-state index contributed by atoms with van der Waals surface area (Å²) in [4.78, 5) is 23.0. The molecule has 0 aliphatic rings. The van der Waals surface area contributed by atoms with E-state index in [1.165, 1.54) is 0 Å². The number of hydrogen-bond acceptors (Lipinski definition) is 5. The van der Waals surface area contributed by atoms with Gasteiger partial charge in [0.2, 0.25) is 0 Å². The Morgan fingerprint density at radius 2 is 1.90 bits per heavy atom. The Balaban J connectivity index is 2.87. The number of hydrogen-bond donors (Lipinski definition) is 2. The molecule has 0 aliphatic carbocycles. The minimum Gasteiger partial charge on any atom is -0.442 e. The van der Waals surface area contributed by atoms with Gasteiger partial charge in [-0.15, -0.1) is 0 Å². The zero-order valence-corrected chi connectivity index (χ0v) is 12.2. The second kappa shape index (κ2) is 6.27. The number of benzene rings is 1. The first-order chi connectivity index (χ1) is 9.23. The molecule has 0 spiro atoms. The second-order valence-corrected chi connectivity index (χ2v) is 5.46. The van der Waals surface area contributed by atoms with Gasteiger partial charge < -0.3 is 15.3 Å². The van der Waals surface area contributed by atoms with Gasteiger partial charge in [-0.2, -0.15) is 0 Å². The summed E-state index contributed by atoms with van der Waals surface area (Å²) in [5.41, 5.74) is 9.06. The van der Waals surface area contributed by atoms with Crippen LogP contribution in [0.3, 0.4) is 0 Å². The average Bonchev–Trinajstić information content (AvgIpc) is 2.35. The molecule has 20 heavy (non-hydrogen) atoms. The number of rotatable bonds is 4. The maximum atomic E-state index is 12.1. The number of nitrogens with zero attached hydrogens (tertiary/aromatic N) is 1. The average molecular weight is 279 g/mol. The van der Waals surface area contributed by atoms with E-state index < -0.39 is 17.7 Å². The number of amides is 1. The van der Waals surface area contributed by atoms with Gasteiger partial charge in [0.05, 0.1) is 5.69 Å². The molecule has 6 nitrogen and oxygen atoms in total. The molecule has 0 aliphatic heterocycles. The van der Waals surface area contributed by atoms with Crippen LogP contribution in [0, 0.1) is 0 Å². The van der Waals surface area contributed by atoms with Crippen LogP contribution in [-0.4, -0.2) is 29.0 Å². The summed E-state index contributed by atoms with van der Waals surface area (Å²) in [6.07, 6.45) is 0.0442. The van der Waals surface area contributed by atoms with Crippen LogP contribution in [0.4, 0.5) is 16.2 Å². The van der Waals surface area contributed by atoms with Crippen LogP contribution >= 0.6 is 0 Å². The van der Waals surface area contributed by atoms with Gasteiger partial charge in [0.1, 0.15) is 17.9 Å². The van der Waals surface area contributed by atoms with Gasteiger partial charge in [0.25, 0.3) is 0 Å². The highest BCUT2D eigenvalue weighted by atomic mass is 16.6. The van der Waals surface area contributed by atoms with Crippen LogP contribution in [0.15, 0.2) is 24.3 Å². The van der Waals surface area contributed by atoms with E-state index in [-0.39, 0.29) is 0 Å². The van der Waals surface area contributed by atoms with E-state index in [2.05, 4.69) is 5.43 Å². The van der Waals surface area contributed by atoms with Crippen molar-refractivity contribution in [2.45, 2.75) is 39.3 Å². The fraction of sp³-hybridized carbons (Fsp3) is 0.429. The lowest BCUT2D eigenvalue weighted by Gasteiger charge is -2.30. The lowest BCUT2D eigenvalue weighted by atomic mass is 10.2. The quantitative estimate of drug-likeness (QED) is 0.502. The fourth-order valence-corrected chi connectivity index (χ4v) is 1.38. The van der Waals surface area contributed by atoms with E-state index in [0.29, 0.717) is 17.7 Å². The topological polar surface area (TPSA) is 84.7 Å². The Morgan fingerprint density at radius 3 is 2.35 bits per heavy atom. The molecule has 0 bridgehead atoms. The highest BCUT2D eigenvalue weighted by molar-refractivity contribution is 5.75. The van der Waals surface area contributed by atoms with E-state index >= 15 is 0 Å². The van der Waals surface area contributed by atoms with E-state index in [1.807, 2.05) is 0 Å². The lowest BCUT2D eigenvalue weighted by molar-refractivity contribution is -0.111. The monoisotopic (exact) mass is 279 g/mol. The molecule has 0 saturated heterocycles. The third kappa shape index (κ3) is 4.79. The molecular weight excluding hydrogens is 258 g/mol. The van der Waals surface area contributed by atoms with Crippen molar-refractivity contribution in [1.29, 1.82) is 0 Å². The normalized spacial score (nSPS) is 12.4. The van der Waals surface area contributed by atoms with Crippen LogP contribution < -0.4 is 11.2 Å². The molecule has 0 saturated carbocycles. The van der Waals surface area contributed by atoms with Crippen molar-refractivity contribution in [3.05, 3.63) is 24.3 Å². The van der Waals surface area contributed by atoms with Crippen molar-refractivity contribution in [2.75, 3.05) is 11.2 Å². The summed E-state index contributed by atoms with van der Waals surface area (Å²) < 4.78 is 5.26. The summed E-state index contributed by atoms with van der Waals surface area (Å²) >= 11 is 0. The summed E-state index contributed by atoms with van der Waals surface area (Å²) in [6, 6.07) is 6.15. The van der Waals surface area contributed by atoms with E-state index in [1.54, 1.807) is 52.0 Å². The molecule has 6 heteroatoms. The minimum atomic E-state index is -0.664. The van der Waals surface area contributed by atoms with Gasteiger partial charge >= 0.3 is 6.09 Å². The Morgan fingerprint density at radius 1 is 1.35 bits per heavy atom. The summed E-state index contributed by atoms with van der Waals surface area (Å²) in [5.74, 6) is 0. The molecule has 3 N–H and O–H groups in total. The Hall–Kier alpha value is -2.24. The molecule has 110 valence electrons. The number of carbonyl (C=O) groups excluding carboxylic acids is 2. The number of aldehydes is 1. The zero-order valence-electron chi connectivity index (χ0n) is 12.2. The largest absolute Gasteiger partial charge is 0.442 e. The van der Waals surface area contributed by atoms with Crippen molar-refractivity contribution in [3.8, 4) is 0 Å². The number of anilines is 2. The molecule has 1 unspecified atom stereocenters. The zero-order chi connectivity index (χ0) is 15.3. The van der Waals surface area contributed by atoms with Crippen LogP contribution in [0.25, 0.3) is 0 Å². The van der Waals surface area contributed by atoms with E-state index in [4.69, 9.17) is 10.5 Å². The molecule has 0 radical (unpaired) electrons. The van der Waals surface area contributed by atoms with Crippen LogP contribution in [0.2, 0.25) is 0 Å². The van der Waals surface area contributed by atoms with Gasteiger partial charge in [-0.1, -0.05) is 0 Å². The third-order valence-electron chi connectivity index (χ3n) is 2.35. The predicted octanol–water partition coefficient (Wildman–Crippen LogP) is 2.42. The number of nitrogens with one attached hydrogen (secondary N) is 1. The Bertz CT molecular complexity index is 466. The highest BCUT2D eigenvalue weighted by Gasteiger charge is 2.26. The maximum Gasteiger partial charge on any atom is 0.429 e. The summed E-state index contributed by atoms with van der Waals surface area (Å²) in [6.45, 7) is 6.88. The molecule has 1 atom stereocenters. The molecule has 1 aromatic carbocycles. The van der Waals surface area contributed by atoms with Crippen LogP contribution in [0.1, 0.15) is 27.7 Å². The first-order valence-electron chi connectivity index (χ1n) is 6.32. The minimum absolute atomic E-state index is 0.614. The number of carbonyl (C=O) groups is 2. The Kier molecular flexibility index (Phi) is 4.96. The second-order valence-electron chi connectivity index (χ2n) is 5.46. The van der Waals surface area contributed by atoms with Gasteiger partial charge in [0, 0.05) is 5.69 Å². The molecule has 1 rings (SSSR count). The molecule has 0 aromatic heterocycles. The van der Waals surface area contributed by atoms with Gasteiger partial charge in [-0.3, -0.25) is 5.43 Å². The van der Waals surface area contributed by atoms with Gasteiger partial charge in [0.15, 0.2) is 0 Å². The van der Waals surface area contributed by atoms with E-state index in [9.17, 15) is 9.59 Å². The molecular formula is C14H21N3O3. The smallest absolute Gasteiger partial charge is 0.429 e. The van der Waals surface area contributed by atoms with Crippen LogP contribution in [0.5, 0.6) is 0 Å². The third-order valence-corrected chi connectivity index (χ3v) is 2.35. The lowest BCUT2D eigenvalue weighted by Crippen LogP contribution is -2.46. The highest BCUT2D eigenvalue weighted by Crippen LogP contribution is 2.15. The number of ether oxygens (including phenoxy) is 1. The Labute approximate surface area is 118 Å². The fourth-order valence-electron chi connectivity index (χ4n) is 1.38. The maximum absolute atomic E-state index is 12.1. The first-order valence-corrected chi connectivity index (χ1v) is 6.32. The van der Waals surface area contributed by atoms with Crippen molar-refractivity contribution < 1.29 is 14.3 Å². The molecule has 1 amide bonds. The predicted molar refractivity (Wildman–Crippen MR) is 78.1 cm³/mol. The van der Waals surface area contributed by atoms with Crippen molar-refractivity contribution in [2.24, 2.45) is 0 Å². The molecule has 0 fully saturated rings. The molecule has 1 aromatic rings. The number of hydrazine groups is 1. The number of nitrogen functional groups attached to an aromatic ring is 1. The van der Waals surface area contributed by atoms with Crippen LogP contribution in [-0.2, 0) is 9.53 Å². The molecule has 0 heterocycles. The van der Waals surface area contributed by atoms with Crippen molar-refractivity contribution >= 4 is 23.8 Å². The first kappa shape index (κ1) is 15.8. The van der Waals surface area contributed by atoms with Gasteiger partial charge in [-0.05, 0) is 52.0 Å². The van der Waals surface area contributed by atoms with Crippen molar-refractivity contribution in [3.63, 3.8) is 0 Å². The summed E-state index contributed by atoms with van der Waals surface area (Å²) in [7, 11) is 0. The van der Waals surface area contributed by atoms with Crippen molar-refractivity contribution in [1.82, 2.24) is 5.01 Å². The SMILES string of the molecule is CC(C=O)N(Nc1ccc(N)cc1)C(=O)OC(C)(C)C. The number of nitrogens with two attached hydrogens (primary N) is 1. The summed E-state index contributed by atoms with van der Waals surface area (Å²) in [5, 5.41) is 1.14.